The van der Waals surface area contributed by atoms with Crippen LogP contribution < -0.4 is 0 Å². The molecule has 0 saturated carbocycles. The molecule has 43 heavy (non-hydrogen) atoms. The summed E-state index contributed by atoms with van der Waals surface area (Å²) < 4.78 is 7.03. The highest BCUT2D eigenvalue weighted by Gasteiger charge is 2.20. The molecule has 0 amide bonds. The third kappa shape index (κ3) is 3.38. The highest BCUT2D eigenvalue weighted by Crippen LogP contribution is 2.48. The highest BCUT2D eigenvalue weighted by atomic mass is 32.1. The number of thiophene rings is 2. The van der Waals surface area contributed by atoms with Crippen molar-refractivity contribution in [1.82, 2.24) is 4.57 Å². The van der Waals surface area contributed by atoms with Crippen molar-refractivity contribution in [3.8, 4) is 22.9 Å². The average Bonchev–Trinajstić information content (AvgIpc) is 3.73. The topological polar surface area (TPSA) is 33.1 Å². The molecule has 0 radical (unpaired) electrons. The summed E-state index contributed by atoms with van der Waals surface area (Å²) in [5.74, 6) is 0. The molecule has 198 valence electrons. The molecular weight excluding hydrogens is 563 g/mol. The van der Waals surface area contributed by atoms with Crippen LogP contribution in [0.4, 0.5) is 5.69 Å². The van der Waals surface area contributed by atoms with E-state index in [0.29, 0.717) is 11.3 Å². The third-order valence-electron chi connectivity index (χ3n) is 8.46. The fourth-order valence-corrected chi connectivity index (χ4v) is 9.01. The zero-order valence-corrected chi connectivity index (χ0v) is 24.3. The van der Waals surface area contributed by atoms with E-state index in [9.17, 15) is 5.26 Å². The van der Waals surface area contributed by atoms with Crippen molar-refractivity contribution in [2.24, 2.45) is 0 Å². The number of nitrogens with zero attached hydrogens (tertiary/aromatic N) is 3. The molecule has 6 aromatic carbocycles. The van der Waals surface area contributed by atoms with Crippen LogP contribution in [0.5, 0.6) is 0 Å². The maximum atomic E-state index is 9.60. The summed E-state index contributed by atoms with van der Waals surface area (Å²) in [6.07, 6.45) is 0. The molecule has 9 rings (SSSR count). The van der Waals surface area contributed by atoms with Crippen molar-refractivity contribution in [1.29, 1.82) is 5.26 Å². The van der Waals surface area contributed by atoms with Gasteiger partial charge in [-0.3, -0.25) is 0 Å². The second-order valence-corrected chi connectivity index (χ2v) is 12.8. The van der Waals surface area contributed by atoms with Crippen molar-refractivity contribution in [3.63, 3.8) is 0 Å². The van der Waals surface area contributed by atoms with E-state index in [1.807, 2.05) is 35.6 Å². The van der Waals surface area contributed by atoms with Crippen LogP contribution in [0, 0.1) is 17.9 Å². The third-order valence-corrected chi connectivity index (χ3v) is 10.8. The van der Waals surface area contributed by atoms with Crippen molar-refractivity contribution >= 4 is 90.5 Å². The molecular formula is C38H19N3S2. The van der Waals surface area contributed by atoms with E-state index in [1.54, 1.807) is 11.3 Å². The molecule has 9 aromatic rings. The Hall–Kier alpha value is -5.46. The Morgan fingerprint density at radius 3 is 2.30 bits per heavy atom. The van der Waals surface area contributed by atoms with Crippen molar-refractivity contribution in [2.45, 2.75) is 0 Å². The minimum atomic E-state index is 0.650. The van der Waals surface area contributed by atoms with Crippen LogP contribution >= 0.6 is 22.7 Å². The summed E-state index contributed by atoms with van der Waals surface area (Å²) in [6, 6.07) is 42.5. The Morgan fingerprint density at radius 1 is 0.628 bits per heavy atom. The SMILES string of the molecule is [C-]#[N+]c1ccc(-c2ccc3c(c2)sc2ccccc23)c2c1sc1c(-n3c4ccccc4c4cc(C#N)ccc43)cccc12. The van der Waals surface area contributed by atoms with Gasteiger partial charge < -0.3 is 4.57 Å². The normalized spacial score (nSPS) is 11.7. The second-order valence-electron chi connectivity index (χ2n) is 10.7. The molecule has 0 unspecified atom stereocenters. The van der Waals surface area contributed by atoms with Crippen molar-refractivity contribution in [3.05, 3.63) is 132 Å². The van der Waals surface area contributed by atoms with E-state index >= 15 is 0 Å². The van der Waals surface area contributed by atoms with Crippen LogP contribution in [-0.2, 0) is 0 Å². The fraction of sp³-hybridized carbons (Fsp3) is 0. The van der Waals surface area contributed by atoms with Gasteiger partial charge in [-0.2, -0.15) is 5.26 Å². The maximum absolute atomic E-state index is 9.60. The lowest BCUT2D eigenvalue weighted by Crippen LogP contribution is -1.93. The van der Waals surface area contributed by atoms with Crippen LogP contribution in [0.1, 0.15) is 5.56 Å². The van der Waals surface area contributed by atoms with E-state index < -0.39 is 0 Å². The van der Waals surface area contributed by atoms with Crippen LogP contribution in [-0.4, -0.2) is 4.57 Å². The van der Waals surface area contributed by atoms with E-state index in [0.717, 1.165) is 58.8 Å². The molecule has 0 aliphatic carbocycles. The first-order chi connectivity index (χ1) is 21.2. The minimum absolute atomic E-state index is 0.650. The number of nitriles is 1. The average molecular weight is 582 g/mol. The molecule has 3 heterocycles. The Morgan fingerprint density at radius 2 is 1.42 bits per heavy atom. The van der Waals surface area contributed by atoms with Crippen LogP contribution in [0.2, 0.25) is 0 Å². The predicted molar refractivity (Wildman–Crippen MR) is 183 cm³/mol. The van der Waals surface area contributed by atoms with E-state index in [-0.39, 0.29) is 0 Å². The van der Waals surface area contributed by atoms with Gasteiger partial charge in [0.1, 0.15) is 0 Å². The summed E-state index contributed by atoms with van der Waals surface area (Å²) in [7, 11) is 0. The van der Waals surface area contributed by atoms with Crippen molar-refractivity contribution < 1.29 is 0 Å². The van der Waals surface area contributed by atoms with Crippen LogP contribution in [0.25, 0.3) is 83.8 Å². The number of hydrogen-bond acceptors (Lipinski definition) is 3. The predicted octanol–water partition coefficient (Wildman–Crippen LogP) is 11.6. The molecule has 0 fully saturated rings. The highest BCUT2D eigenvalue weighted by molar-refractivity contribution is 7.27. The molecule has 0 saturated heterocycles. The molecule has 0 aliphatic rings. The molecule has 3 nitrogen and oxygen atoms in total. The summed E-state index contributed by atoms with van der Waals surface area (Å²) in [6.45, 7) is 7.99. The first-order valence-corrected chi connectivity index (χ1v) is 15.6. The Labute approximate surface area is 254 Å². The number of aromatic nitrogens is 1. The van der Waals surface area contributed by atoms with Crippen LogP contribution in [0.15, 0.2) is 115 Å². The second kappa shape index (κ2) is 9.02. The zero-order chi connectivity index (χ0) is 28.7. The molecule has 0 aliphatic heterocycles. The summed E-state index contributed by atoms with van der Waals surface area (Å²) in [5.41, 5.74) is 6.87. The number of rotatable bonds is 2. The Bertz CT molecular complexity index is 2710. The molecule has 5 heteroatoms. The summed E-state index contributed by atoms with van der Waals surface area (Å²) >= 11 is 3.52. The first-order valence-electron chi connectivity index (χ1n) is 13.9. The van der Waals surface area contributed by atoms with Crippen molar-refractivity contribution in [2.75, 3.05) is 0 Å². The first kappa shape index (κ1) is 24.2. The standard InChI is InChI=1S/C38H19N3S2/c1-40-30-17-16-24(23-14-15-27-26-8-3-5-12-34(26)42-35(27)20-23)36-28-9-6-11-33(37(28)43-38(30)36)41-31-10-4-2-7-25(31)29-19-22(21-39)13-18-32(29)41/h2-20H. The van der Waals surface area contributed by atoms with Crippen LogP contribution in [0.3, 0.4) is 0 Å². The number of hydrogen-bond donors (Lipinski definition) is 0. The van der Waals surface area contributed by atoms with Gasteiger partial charge in [-0.05, 0) is 59.0 Å². The van der Waals surface area contributed by atoms with Gasteiger partial charge in [0.05, 0.1) is 39.6 Å². The summed E-state index contributed by atoms with van der Waals surface area (Å²) in [5, 5.41) is 16.6. The molecule has 3 aromatic heterocycles. The van der Waals surface area contributed by atoms with E-state index in [4.69, 9.17) is 6.57 Å². The van der Waals surface area contributed by atoms with Gasteiger partial charge in [-0.15, -0.1) is 22.7 Å². The lowest BCUT2D eigenvalue weighted by molar-refractivity contribution is 1.20. The maximum Gasteiger partial charge on any atom is 0.204 e. The van der Waals surface area contributed by atoms with E-state index in [2.05, 4.69) is 106 Å². The Balaban J connectivity index is 1.36. The Kier molecular flexibility index (Phi) is 5.07. The smallest absolute Gasteiger partial charge is 0.204 e. The summed E-state index contributed by atoms with van der Waals surface area (Å²) in [4.78, 5) is 3.94. The molecule has 0 bridgehead atoms. The fourth-order valence-electron chi connectivity index (χ4n) is 6.57. The van der Waals surface area contributed by atoms with Gasteiger partial charge in [0, 0.05) is 41.0 Å². The van der Waals surface area contributed by atoms with Gasteiger partial charge in [-0.25, -0.2) is 4.85 Å². The number of benzene rings is 6. The lowest BCUT2D eigenvalue weighted by Gasteiger charge is -2.10. The lowest BCUT2D eigenvalue weighted by atomic mass is 9.97. The van der Waals surface area contributed by atoms with Gasteiger partial charge in [0.2, 0.25) is 5.69 Å². The number of para-hydroxylation sites is 1. The van der Waals surface area contributed by atoms with E-state index in [1.165, 1.54) is 20.2 Å². The molecule has 0 atom stereocenters. The van der Waals surface area contributed by atoms with Gasteiger partial charge in [0.25, 0.3) is 0 Å². The molecule has 0 N–H and O–H groups in total. The minimum Gasteiger partial charge on any atom is -0.308 e. The van der Waals surface area contributed by atoms with Gasteiger partial charge in [0.15, 0.2) is 0 Å². The quantitative estimate of drug-likeness (QED) is 0.187. The number of fused-ring (bicyclic) bond motifs is 9. The monoisotopic (exact) mass is 581 g/mol. The van der Waals surface area contributed by atoms with Gasteiger partial charge >= 0.3 is 0 Å². The molecule has 0 spiro atoms. The van der Waals surface area contributed by atoms with Gasteiger partial charge in [-0.1, -0.05) is 72.8 Å². The largest absolute Gasteiger partial charge is 0.308 e. The zero-order valence-electron chi connectivity index (χ0n) is 22.6.